The van der Waals surface area contributed by atoms with E-state index in [0.29, 0.717) is 0 Å². The lowest BCUT2D eigenvalue weighted by Gasteiger charge is -2.13. The Morgan fingerprint density at radius 3 is 2.28 bits per heavy atom. The van der Waals surface area contributed by atoms with E-state index in [-0.39, 0.29) is 27.7 Å². The molecule has 0 bridgehead atoms. The Morgan fingerprint density at radius 2 is 1.89 bits per heavy atom. The molecule has 0 spiro atoms. The highest BCUT2D eigenvalue weighted by Crippen LogP contribution is 2.28. The van der Waals surface area contributed by atoms with Crippen molar-refractivity contribution in [2.45, 2.75) is 19.4 Å². The van der Waals surface area contributed by atoms with Gasteiger partial charge in [0.2, 0.25) is 0 Å². The summed E-state index contributed by atoms with van der Waals surface area (Å²) in [5.74, 6) is -1.66. The number of halogens is 2. The van der Waals surface area contributed by atoms with Gasteiger partial charge < -0.3 is 16.2 Å². The summed E-state index contributed by atoms with van der Waals surface area (Å²) in [5, 5.41) is 11.5. The van der Waals surface area contributed by atoms with Crippen LogP contribution in [-0.2, 0) is 4.79 Å². The first-order chi connectivity index (χ1) is 8.36. The molecular formula is C11H12Cl2N2O3. The van der Waals surface area contributed by atoms with Crippen molar-refractivity contribution < 1.29 is 14.7 Å². The molecule has 7 heteroatoms. The number of aliphatic carboxylic acids is 1. The summed E-state index contributed by atoms with van der Waals surface area (Å²) < 4.78 is 0. The van der Waals surface area contributed by atoms with Gasteiger partial charge in [-0.05, 0) is 18.6 Å². The van der Waals surface area contributed by atoms with Gasteiger partial charge in [0, 0.05) is 5.56 Å². The second kappa shape index (κ2) is 5.93. The van der Waals surface area contributed by atoms with Crippen molar-refractivity contribution in [1.82, 2.24) is 5.32 Å². The first-order valence-corrected chi connectivity index (χ1v) is 5.90. The average molecular weight is 291 g/mol. The summed E-state index contributed by atoms with van der Waals surface area (Å²) in [4.78, 5) is 22.6. The molecule has 0 unspecified atom stereocenters. The molecule has 0 radical (unpaired) electrons. The van der Waals surface area contributed by atoms with Gasteiger partial charge in [-0.1, -0.05) is 30.1 Å². The van der Waals surface area contributed by atoms with Crippen LogP contribution in [0.4, 0.5) is 5.69 Å². The first kappa shape index (κ1) is 14.6. The number of benzene rings is 1. The third-order valence-electron chi connectivity index (χ3n) is 2.35. The Bertz CT molecular complexity index is 468. The maximum Gasteiger partial charge on any atom is 0.326 e. The molecule has 0 heterocycles. The van der Waals surface area contributed by atoms with Crippen molar-refractivity contribution in [1.29, 1.82) is 0 Å². The predicted octanol–water partition coefficient (Wildman–Crippen LogP) is 2.17. The normalized spacial score (nSPS) is 11.9. The second-order valence-corrected chi connectivity index (χ2v) is 4.44. The molecule has 1 rings (SSSR count). The van der Waals surface area contributed by atoms with Crippen molar-refractivity contribution in [2.24, 2.45) is 0 Å². The lowest BCUT2D eigenvalue weighted by Crippen LogP contribution is -2.40. The molecule has 0 aliphatic carbocycles. The monoisotopic (exact) mass is 290 g/mol. The van der Waals surface area contributed by atoms with E-state index in [4.69, 9.17) is 34.0 Å². The molecule has 0 aliphatic rings. The SMILES string of the molecule is CC[C@@H](NC(=O)c1cc(Cl)c(N)c(Cl)c1)C(=O)O. The fourth-order valence-corrected chi connectivity index (χ4v) is 1.78. The van der Waals surface area contributed by atoms with E-state index in [9.17, 15) is 9.59 Å². The number of rotatable bonds is 4. The molecule has 0 saturated heterocycles. The largest absolute Gasteiger partial charge is 0.480 e. The summed E-state index contributed by atoms with van der Waals surface area (Å²) in [5.41, 5.74) is 5.88. The minimum absolute atomic E-state index is 0.149. The van der Waals surface area contributed by atoms with Gasteiger partial charge in [-0.15, -0.1) is 0 Å². The van der Waals surface area contributed by atoms with Gasteiger partial charge in [0.15, 0.2) is 0 Å². The van der Waals surface area contributed by atoms with Crippen LogP contribution in [-0.4, -0.2) is 23.0 Å². The molecular weight excluding hydrogens is 279 g/mol. The predicted molar refractivity (Wildman–Crippen MR) is 70.1 cm³/mol. The molecule has 1 aromatic carbocycles. The third-order valence-corrected chi connectivity index (χ3v) is 2.98. The highest BCUT2D eigenvalue weighted by Gasteiger charge is 2.19. The number of carbonyl (C=O) groups is 2. The molecule has 0 aliphatic heterocycles. The van der Waals surface area contributed by atoms with Gasteiger partial charge in [-0.25, -0.2) is 4.79 Å². The van der Waals surface area contributed by atoms with Gasteiger partial charge in [0.25, 0.3) is 5.91 Å². The molecule has 0 saturated carbocycles. The van der Waals surface area contributed by atoms with E-state index in [1.165, 1.54) is 12.1 Å². The molecule has 1 atom stereocenters. The zero-order chi connectivity index (χ0) is 13.9. The zero-order valence-corrected chi connectivity index (χ0v) is 11.0. The standard InChI is InChI=1S/C11H12Cl2N2O3/c1-2-8(11(17)18)15-10(16)5-3-6(12)9(14)7(13)4-5/h3-4,8H,2,14H2,1H3,(H,15,16)(H,17,18)/t8-/m1/s1. The molecule has 0 aromatic heterocycles. The smallest absolute Gasteiger partial charge is 0.326 e. The number of carbonyl (C=O) groups excluding carboxylic acids is 1. The Morgan fingerprint density at radius 1 is 1.39 bits per heavy atom. The summed E-state index contributed by atoms with van der Waals surface area (Å²) in [7, 11) is 0. The van der Waals surface area contributed by atoms with Crippen LogP contribution in [0.25, 0.3) is 0 Å². The lowest BCUT2D eigenvalue weighted by atomic mass is 10.1. The quantitative estimate of drug-likeness (QED) is 0.741. The summed E-state index contributed by atoms with van der Waals surface area (Å²) in [6.07, 6.45) is 0.275. The molecule has 1 aromatic rings. The number of carboxylic acids is 1. The third kappa shape index (κ3) is 3.27. The van der Waals surface area contributed by atoms with Gasteiger partial charge >= 0.3 is 5.97 Å². The van der Waals surface area contributed by atoms with Crippen molar-refractivity contribution in [3.63, 3.8) is 0 Å². The van der Waals surface area contributed by atoms with Gasteiger partial charge in [0.1, 0.15) is 6.04 Å². The molecule has 18 heavy (non-hydrogen) atoms. The van der Waals surface area contributed by atoms with Crippen LogP contribution in [0.3, 0.4) is 0 Å². The minimum Gasteiger partial charge on any atom is -0.480 e. The number of hydrogen-bond acceptors (Lipinski definition) is 3. The highest BCUT2D eigenvalue weighted by molar-refractivity contribution is 6.39. The highest BCUT2D eigenvalue weighted by atomic mass is 35.5. The number of amides is 1. The molecule has 98 valence electrons. The van der Waals surface area contributed by atoms with Crippen LogP contribution in [0.1, 0.15) is 23.7 Å². The molecule has 1 amide bonds. The lowest BCUT2D eigenvalue weighted by molar-refractivity contribution is -0.139. The fraction of sp³-hybridized carbons (Fsp3) is 0.273. The topological polar surface area (TPSA) is 92.4 Å². The maximum absolute atomic E-state index is 11.8. The Kier molecular flexibility index (Phi) is 4.81. The van der Waals surface area contributed by atoms with Crippen LogP contribution in [0.5, 0.6) is 0 Å². The second-order valence-electron chi connectivity index (χ2n) is 3.63. The maximum atomic E-state index is 11.8. The number of nitrogens with two attached hydrogens (primary N) is 1. The van der Waals surface area contributed by atoms with Crippen molar-refractivity contribution in [3.8, 4) is 0 Å². The van der Waals surface area contributed by atoms with Crippen molar-refractivity contribution in [3.05, 3.63) is 27.7 Å². The molecule has 5 nitrogen and oxygen atoms in total. The number of nitrogen functional groups attached to an aromatic ring is 1. The van der Waals surface area contributed by atoms with E-state index in [0.717, 1.165) is 0 Å². The van der Waals surface area contributed by atoms with Gasteiger partial charge in [-0.2, -0.15) is 0 Å². The molecule has 0 fully saturated rings. The van der Waals surface area contributed by atoms with Gasteiger partial charge in [-0.3, -0.25) is 4.79 Å². The number of carboxylic acid groups (broad SMARTS) is 1. The van der Waals surface area contributed by atoms with E-state index in [1.54, 1.807) is 6.92 Å². The number of hydrogen-bond donors (Lipinski definition) is 3. The van der Waals surface area contributed by atoms with E-state index >= 15 is 0 Å². The van der Waals surface area contributed by atoms with Gasteiger partial charge in [0.05, 0.1) is 15.7 Å². The van der Waals surface area contributed by atoms with E-state index < -0.39 is 17.9 Å². The number of nitrogens with one attached hydrogen (secondary N) is 1. The fourth-order valence-electron chi connectivity index (χ4n) is 1.30. The van der Waals surface area contributed by atoms with Crippen LogP contribution >= 0.6 is 23.2 Å². The Hall–Kier alpha value is -1.46. The number of anilines is 1. The van der Waals surface area contributed by atoms with Crippen molar-refractivity contribution >= 4 is 40.8 Å². The summed E-state index contributed by atoms with van der Waals surface area (Å²) >= 11 is 11.6. The Balaban J connectivity index is 2.94. The molecule has 4 N–H and O–H groups in total. The Labute approximate surface area is 114 Å². The van der Waals surface area contributed by atoms with E-state index in [1.807, 2.05) is 0 Å². The summed E-state index contributed by atoms with van der Waals surface area (Å²) in [6.45, 7) is 1.65. The zero-order valence-electron chi connectivity index (χ0n) is 9.54. The van der Waals surface area contributed by atoms with E-state index in [2.05, 4.69) is 5.32 Å². The summed E-state index contributed by atoms with van der Waals surface area (Å²) in [6, 6.07) is 1.73. The van der Waals surface area contributed by atoms with Crippen LogP contribution < -0.4 is 11.1 Å². The average Bonchev–Trinajstić information content (AvgIpc) is 2.31. The van der Waals surface area contributed by atoms with Crippen LogP contribution in [0.15, 0.2) is 12.1 Å². The van der Waals surface area contributed by atoms with Crippen LogP contribution in [0, 0.1) is 0 Å². The van der Waals surface area contributed by atoms with Crippen LogP contribution in [0.2, 0.25) is 10.0 Å². The minimum atomic E-state index is -1.10. The van der Waals surface area contributed by atoms with Crippen molar-refractivity contribution in [2.75, 3.05) is 5.73 Å². The first-order valence-electron chi connectivity index (χ1n) is 5.15.